The van der Waals surface area contributed by atoms with Gasteiger partial charge in [0.15, 0.2) is 5.82 Å². The second-order valence-corrected chi connectivity index (χ2v) is 6.38. The zero-order chi connectivity index (χ0) is 15.0. The summed E-state index contributed by atoms with van der Waals surface area (Å²) in [7, 11) is 0. The standard InChI is InChI=1S/C15H21N3O3/c1-15(14(20)21)7-3-2-4-11(15)17-12-13(19)18(9-8-16-12)10-5-6-10/h8-11H,2-7H2,1H3,(H,16,17)(H,20,21). The van der Waals surface area contributed by atoms with Gasteiger partial charge in [-0.05, 0) is 32.6 Å². The molecule has 0 radical (unpaired) electrons. The lowest BCUT2D eigenvalue weighted by Crippen LogP contribution is -2.47. The van der Waals surface area contributed by atoms with Crippen molar-refractivity contribution in [1.29, 1.82) is 0 Å². The molecule has 0 aliphatic heterocycles. The topological polar surface area (TPSA) is 84.2 Å². The number of nitrogens with one attached hydrogen (secondary N) is 1. The molecule has 0 aromatic carbocycles. The lowest BCUT2D eigenvalue weighted by molar-refractivity contribution is -0.150. The summed E-state index contributed by atoms with van der Waals surface area (Å²) in [4.78, 5) is 28.1. The predicted molar refractivity (Wildman–Crippen MR) is 78.4 cm³/mol. The molecule has 0 saturated heterocycles. The third-order valence-corrected chi connectivity index (χ3v) is 4.82. The molecule has 6 nitrogen and oxygen atoms in total. The van der Waals surface area contributed by atoms with E-state index in [1.54, 1.807) is 23.9 Å². The second-order valence-electron chi connectivity index (χ2n) is 6.38. The molecule has 114 valence electrons. The van der Waals surface area contributed by atoms with Crippen LogP contribution in [0, 0.1) is 5.41 Å². The maximum Gasteiger partial charge on any atom is 0.311 e. The van der Waals surface area contributed by atoms with E-state index in [0.717, 1.165) is 32.1 Å². The summed E-state index contributed by atoms with van der Waals surface area (Å²) in [5, 5.41) is 12.6. The zero-order valence-electron chi connectivity index (χ0n) is 12.2. The number of nitrogens with zero attached hydrogens (tertiary/aromatic N) is 2. The quantitative estimate of drug-likeness (QED) is 0.886. The Labute approximate surface area is 123 Å². The van der Waals surface area contributed by atoms with Gasteiger partial charge in [0.2, 0.25) is 0 Å². The highest BCUT2D eigenvalue weighted by Gasteiger charge is 2.43. The molecule has 2 N–H and O–H groups in total. The second kappa shape index (κ2) is 5.16. The Bertz CT molecular complexity index is 608. The van der Waals surface area contributed by atoms with Crippen LogP contribution >= 0.6 is 0 Å². The third kappa shape index (κ3) is 2.54. The Morgan fingerprint density at radius 3 is 2.86 bits per heavy atom. The van der Waals surface area contributed by atoms with Crippen molar-refractivity contribution in [3.63, 3.8) is 0 Å². The van der Waals surface area contributed by atoms with Gasteiger partial charge in [0.05, 0.1) is 5.41 Å². The van der Waals surface area contributed by atoms with Gasteiger partial charge in [0.25, 0.3) is 5.56 Å². The van der Waals surface area contributed by atoms with Crippen LogP contribution in [0.1, 0.15) is 51.5 Å². The fourth-order valence-electron chi connectivity index (χ4n) is 3.15. The summed E-state index contributed by atoms with van der Waals surface area (Å²) < 4.78 is 1.70. The minimum absolute atomic E-state index is 0.140. The summed E-state index contributed by atoms with van der Waals surface area (Å²) >= 11 is 0. The molecular weight excluding hydrogens is 270 g/mol. The van der Waals surface area contributed by atoms with E-state index in [4.69, 9.17) is 0 Å². The minimum Gasteiger partial charge on any atom is -0.481 e. The molecule has 0 amide bonds. The predicted octanol–water partition coefficient (Wildman–Crippen LogP) is 2.02. The lowest BCUT2D eigenvalue weighted by atomic mass is 9.71. The number of anilines is 1. The molecule has 0 bridgehead atoms. The molecule has 2 aliphatic rings. The van der Waals surface area contributed by atoms with Crippen molar-refractivity contribution >= 4 is 11.8 Å². The van der Waals surface area contributed by atoms with Gasteiger partial charge in [0.1, 0.15) is 0 Å². The molecule has 2 saturated carbocycles. The van der Waals surface area contributed by atoms with Crippen LogP contribution in [0.3, 0.4) is 0 Å². The lowest BCUT2D eigenvalue weighted by Gasteiger charge is -2.38. The van der Waals surface area contributed by atoms with Gasteiger partial charge in [-0.3, -0.25) is 9.59 Å². The smallest absolute Gasteiger partial charge is 0.311 e. The number of carboxylic acids is 1. The number of aromatic nitrogens is 2. The number of hydrogen-bond acceptors (Lipinski definition) is 4. The van der Waals surface area contributed by atoms with Crippen LogP contribution in [-0.2, 0) is 4.79 Å². The molecule has 2 fully saturated rings. The van der Waals surface area contributed by atoms with Gasteiger partial charge < -0.3 is 15.0 Å². The zero-order valence-corrected chi connectivity index (χ0v) is 12.2. The molecule has 1 aromatic rings. The first-order valence-electron chi connectivity index (χ1n) is 7.59. The molecule has 1 aromatic heterocycles. The minimum atomic E-state index is -0.841. The average molecular weight is 291 g/mol. The summed E-state index contributed by atoms with van der Waals surface area (Å²) in [6.45, 7) is 1.76. The van der Waals surface area contributed by atoms with E-state index in [-0.39, 0.29) is 17.4 Å². The molecule has 1 heterocycles. The van der Waals surface area contributed by atoms with Crippen molar-refractivity contribution in [2.45, 2.75) is 57.5 Å². The molecular formula is C15H21N3O3. The molecule has 21 heavy (non-hydrogen) atoms. The van der Waals surface area contributed by atoms with E-state index in [1.807, 2.05) is 0 Å². The third-order valence-electron chi connectivity index (χ3n) is 4.82. The van der Waals surface area contributed by atoms with E-state index >= 15 is 0 Å². The first-order chi connectivity index (χ1) is 10.0. The number of carboxylic acid groups (broad SMARTS) is 1. The van der Waals surface area contributed by atoms with E-state index in [2.05, 4.69) is 10.3 Å². The Morgan fingerprint density at radius 2 is 2.19 bits per heavy atom. The van der Waals surface area contributed by atoms with E-state index < -0.39 is 11.4 Å². The first kappa shape index (κ1) is 14.1. The summed E-state index contributed by atoms with van der Waals surface area (Å²) in [6, 6.07) is 0.0391. The van der Waals surface area contributed by atoms with Crippen LogP contribution in [0.2, 0.25) is 0 Å². The van der Waals surface area contributed by atoms with Gasteiger partial charge >= 0.3 is 5.97 Å². The van der Waals surface area contributed by atoms with Crippen molar-refractivity contribution in [3.8, 4) is 0 Å². The monoisotopic (exact) mass is 291 g/mol. The maximum atomic E-state index is 12.4. The van der Waals surface area contributed by atoms with Crippen molar-refractivity contribution in [2.24, 2.45) is 5.41 Å². The van der Waals surface area contributed by atoms with Gasteiger partial charge in [-0.2, -0.15) is 0 Å². The first-order valence-corrected chi connectivity index (χ1v) is 7.59. The highest BCUT2D eigenvalue weighted by molar-refractivity contribution is 5.76. The Hall–Kier alpha value is -1.85. The highest BCUT2D eigenvalue weighted by Crippen LogP contribution is 2.38. The Balaban J connectivity index is 1.87. The van der Waals surface area contributed by atoms with Crippen molar-refractivity contribution < 1.29 is 9.90 Å². The SMILES string of the molecule is CC1(C(=O)O)CCCCC1Nc1nccn(C2CC2)c1=O. The van der Waals surface area contributed by atoms with E-state index in [1.165, 1.54) is 0 Å². The molecule has 6 heteroatoms. The Kier molecular flexibility index (Phi) is 3.47. The summed E-state index contributed by atoms with van der Waals surface area (Å²) in [5.41, 5.74) is -0.981. The van der Waals surface area contributed by atoms with Gasteiger partial charge in [-0.1, -0.05) is 12.8 Å². The number of rotatable bonds is 4. The van der Waals surface area contributed by atoms with Gasteiger partial charge in [0, 0.05) is 24.5 Å². The summed E-state index contributed by atoms with van der Waals surface area (Å²) in [5.74, 6) is -0.526. The maximum absolute atomic E-state index is 12.4. The van der Waals surface area contributed by atoms with Crippen molar-refractivity contribution in [3.05, 3.63) is 22.7 Å². The fourth-order valence-corrected chi connectivity index (χ4v) is 3.15. The largest absolute Gasteiger partial charge is 0.481 e. The van der Waals surface area contributed by atoms with E-state index in [0.29, 0.717) is 12.5 Å². The number of hydrogen-bond donors (Lipinski definition) is 2. The molecule has 2 atom stereocenters. The van der Waals surface area contributed by atoms with Crippen LogP contribution in [0.15, 0.2) is 17.2 Å². The van der Waals surface area contributed by atoms with Crippen LogP contribution in [0.5, 0.6) is 0 Å². The van der Waals surface area contributed by atoms with Crippen molar-refractivity contribution in [1.82, 2.24) is 9.55 Å². The number of aliphatic carboxylic acids is 1. The Morgan fingerprint density at radius 1 is 1.43 bits per heavy atom. The number of carbonyl (C=O) groups is 1. The molecule has 3 rings (SSSR count). The normalized spacial score (nSPS) is 29.1. The molecule has 2 aliphatic carbocycles. The highest BCUT2D eigenvalue weighted by atomic mass is 16.4. The van der Waals surface area contributed by atoms with E-state index in [9.17, 15) is 14.7 Å². The molecule has 0 spiro atoms. The van der Waals surface area contributed by atoms with Crippen LogP contribution < -0.4 is 10.9 Å². The molecule has 2 unspecified atom stereocenters. The van der Waals surface area contributed by atoms with Crippen molar-refractivity contribution in [2.75, 3.05) is 5.32 Å². The fraction of sp³-hybridized carbons (Fsp3) is 0.667. The van der Waals surface area contributed by atoms with Crippen LogP contribution in [0.25, 0.3) is 0 Å². The van der Waals surface area contributed by atoms with Crippen LogP contribution in [0.4, 0.5) is 5.82 Å². The van der Waals surface area contributed by atoms with Gasteiger partial charge in [-0.15, -0.1) is 0 Å². The van der Waals surface area contributed by atoms with Gasteiger partial charge in [-0.25, -0.2) is 4.98 Å². The van der Waals surface area contributed by atoms with Crippen LogP contribution in [-0.4, -0.2) is 26.7 Å². The summed E-state index contributed by atoms with van der Waals surface area (Å²) in [6.07, 6.45) is 8.65. The average Bonchev–Trinajstić information content (AvgIpc) is 3.28.